The molecule has 76 valence electrons. The van der Waals surface area contributed by atoms with Gasteiger partial charge in [-0.2, -0.15) is 0 Å². The van der Waals surface area contributed by atoms with E-state index in [0.717, 1.165) is 0 Å². The lowest BCUT2D eigenvalue weighted by Crippen LogP contribution is -2.15. The second-order valence-corrected chi connectivity index (χ2v) is 3.47. The van der Waals surface area contributed by atoms with Gasteiger partial charge in [-0.25, -0.2) is 4.79 Å². The van der Waals surface area contributed by atoms with E-state index in [1.54, 1.807) is 13.0 Å². The highest BCUT2D eigenvalue weighted by Gasteiger charge is 2.06. The van der Waals surface area contributed by atoms with Crippen molar-refractivity contribution in [3.63, 3.8) is 0 Å². The molecule has 3 nitrogen and oxygen atoms in total. The Hall–Kier alpha value is -0.830. The first-order valence-corrected chi connectivity index (χ1v) is 4.46. The molecular weight excluding hydrogens is 168 g/mol. The normalized spacial score (nSPS) is 14.7. The molecule has 0 aliphatic rings. The highest BCUT2D eigenvalue weighted by Crippen LogP contribution is 2.05. The van der Waals surface area contributed by atoms with Crippen LogP contribution >= 0.6 is 0 Å². The van der Waals surface area contributed by atoms with Crippen LogP contribution in [0.3, 0.4) is 0 Å². The second-order valence-electron chi connectivity index (χ2n) is 3.47. The minimum atomic E-state index is -0.888. The smallest absolute Gasteiger partial charge is 0.331 e. The molecule has 0 saturated heterocycles. The van der Waals surface area contributed by atoms with Gasteiger partial charge in [0, 0.05) is 5.57 Å². The van der Waals surface area contributed by atoms with Crippen LogP contribution in [0.5, 0.6) is 0 Å². The molecule has 0 heterocycles. The van der Waals surface area contributed by atoms with Crippen molar-refractivity contribution < 1.29 is 14.6 Å². The number of hydrogen-bond donors (Lipinski definition) is 1. The first kappa shape index (κ1) is 12.2. The van der Waals surface area contributed by atoms with Crippen LogP contribution in [0.25, 0.3) is 0 Å². The van der Waals surface area contributed by atoms with E-state index in [1.807, 2.05) is 6.92 Å². The molecule has 0 fully saturated rings. The van der Waals surface area contributed by atoms with Crippen molar-refractivity contribution in [1.82, 2.24) is 0 Å². The molecule has 0 aromatic carbocycles. The Morgan fingerprint density at radius 3 is 2.38 bits per heavy atom. The Labute approximate surface area is 79.4 Å². The van der Waals surface area contributed by atoms with Crippen LogP contribution in [0.2, 0.25) is 0 Å². The molecule has 0 bridgehead atoms. The molecule has 1 unspecified atom stereocenters. The molecular formula is C10H18O3. The molecule has 0 rings (SSSR count). The van der Waals surface area contributed by atoms with Crippen LogP contribution in [0.4, 0.5) is 0 Å². The average Bonchev–Trinajstić information content (AvgIpc) is 2.03. The molecule has 1 N–H and O–H groups in total. The second kappa shape index (κ2) is 5.75. The average molecular weight is 186 g/mol. The lowest BCUT2D eigenvalue weighted by molar-refractivity contribution is -0.132. The van der Waals surface area contributed by atoms with Crippen molar-refractivity contribution in [3.8, 4) is 0 Å². The zero-order chi connectivity index (χ0) is 10.4. The number of rotatable bonds is 5. The summed E-state index contributed by atoms with van der Waals surface area (Å²) in [6.45, 7) is 8.05. The summed E-state index contributed by atoms with van der Waals surface area (Å²) in [5.41, 5.74) is 0.330. The van der Waals surface area contributed by atoms with Crippen molar-refractivity contribution in [2.45, 2.75) is 33.8 Å². The van der Waals surface area contributed by atoms with Gasteiger partial charge in [0.1, 0.15) is 0 Å². The summed E-state index contributed by atoms with van der Waals surface area (Å²) in [6, 6.07) is 0. The molecule has 0 radical (unpaired) electrons. The van der Waals surface area contributed by atoms with Gasteiger partial charge in [0.05, 0.1) is 12.7 Å². The minimum absolute atomic E-state index is 0.165. The molecule has 0 aliphatic carbocycles. The topological polar surface area (TPSA) is 46.5 Å². The summed E-state index contributed by atoms with van der Waals surface area (Å²) >= 11 is 0. The maximum atomic E-state index is 10.4. The lowest BCUT2D eigenvalue weighted by Gasteiger charge is -2.15. The number of carbonyl (C=O) groups is 1. The molecule has 0 aromatic rings. The van der Waals surface area contributed by atoms with Gasteiger partial charge in [-0.15, -0.1) is 0 Å². The highest BCUT2D eigenvalue weighted by atomic mass is 16.5. The standard InChI is InChI=1S/C10H18O3/c1-7(2)9(4)13-6-5-8(3)10(11)12/h5,7,9H,6H2,1-4H3,(H,11,12). The third kappa shape index (κ3) is 5.42. The summed E-state index contributed by atoms with van der Waals surface area (Å²) in [6.07, 6.45) is 1.75. The first-order chi connectivity index (χ1) is 5.95. The van der Waals surface area contributed by atoms with Crippen LogP contribution in [-0.2, 0) is 9.53 Å². The molecule has 0 aliphatic heterocycles. The number of carboxylic acid groups (broad SMARTS) is 1. The van der Waals surface area contributed by atoms with E-state index >= 15 is 0 Å². The maximum absolute atomic E-state index is 10.4. The fourth-order valence-electron chi connectivity index (χ4n) is 0.605. The molecule has 1 atom stereocenters. The number of aliphatic carboxylic acids is 1. The van der Waals surface area contributed by atoms with Gasteiger partial charge in [-0.3, -0.25) is 0 Å². The Morgan fingerprint density at radius 2 is 2.00 bits per heavy atom. The summed E-state index contributed by atoms with van der Waals surface area (Å²) in [5.74, 6) is -0.431. The Balaban J connectivity index is 3.79. The van der Waals surface area contributed by atoms with E-state index in [0.29, 0.717) is 18.1 Å². The fraction of sp³-hybridized carbons (Fsp3) is 0.700. The van der Waals surface area contributed by atoms with Gasteiger partial charge in [0.25, 0.3) is 0 Å². The van der Waals surface area contributed by atoms with E-state index < -0.39 is 5.97 Å². The fourth-order valence-corrected chi connectivity index (χ4v) is 0.605. The van der Waals surface area contributed by atoms with Gasteiger partial charge >= 0.3 is 5.97 Å². The molecule has 0 aromatic heterocycles. The van der Waals surface area contributed by atoms with Gasteiger partial charge < -0.3 is 9.84 Å². The number of ether oxygens (including phenoxy) is 1. The molecule has 0 amide bonds. The van der Waals surface area contributed by atoms with Crippen molar-refractivity contribution in [2.75, 3.05) is 6.61 Å². The Morgan fingerprint density at radius 1 is 1.46 bits per heavy atom. The molecule has 3 heteroatoms. The molecule has 13 heavy (non-hydrogen) atoms. The minimum Gasteiger partial charge on any atom is -0.478 e. The molecule has 0 saturated carbocycles. The number of carboxylic acids is 1. The largest absolute Gasteiger partial charge is 0.478 e. The van der Waals surface area contributed by atoms with Crippen LogP contribution in [0, 0.1) is 5.92 Å². The quantitative estimate of drug-likeness (QED) is 0.669. The van der Waals surface area contributed by atoms with Crippen molar-refractivity contribution in [3.05, 3.63) is 11.6 Å². The summed E-state index contributed by atoms with van der Waals surface area (Å²) in [4.78, 5) is 10.4. The maximum Gasteiger partial charge on any atom is 0.331 e. The van der Waals surface area contributed by atoms with Gasteiger partial charge in [0.2, 0.25) is 0 Å². The van der Waals surface area contributed by atoms with E-state index in [2.05, 4.69) is 13.8 Å². The van der Waals surface area contributed by atoms with E-state index in [1.165, 1.54) is 0 Å². The first-order valence-electron chi connectivity index (χ1n) is 4.46. The molecule has 0 spiro atoms. The van der Waals surface area contributed by atoms with Crippen LogP contribution < -0.4 is 0 Å². The summed E-state index contributed by atoms with van der Waals surface area (Å²) < 4.78 is 5.38. The number of hydrogen-bond acceptors (Lipinski definition) is 2. The van der Waals surface area contributed by atoms with Crippen LogP contribution in [0.15, 0.2) is 11.6 Å². The Bertz CT molecular complexity index is 194. The predicted octanol–water partition coefficient (Wildman–Crippen LogP) is 2.08. The highest BCUT2D eigenvalue weighted by molar-refractivity contribution is 5.85. The summed E-state index contributed by atoms with van der Waals surface area (Å²) in [5, 5.41) is 8.53. The van der Waals surface area contributed by atoms with E-state index in [4.69, 9.17) is 9.84 Å². The monoisotopic (exact) mass is 186 g/mol. The van der Waals surface area contributed by atoms with Gasteiger partial charge in [-0.05, 0) is 25.8 Å². The Kier molecular flexibility index (Phi) is 5.39. The van der Waals surface area contributed by atoms with E-state index in [-0.39, 0.29) is 6.10 Å². The third-order valence-electron chi connectivity index (χ3n) is 2.02. The van der Waals surface area contributed by atoms with Crippen LogP contribution in [-0.4, -0.2) is 23.8 Å². The lowest BCUT2D eigenvalue weighted by atomic mass is 10.1. The SMILES string of the molecule is CC(=CCOC(C)C(C)C)C(=O)O. The zero-order valence-corrected chi connectivity index (χ0v) is 8.70. The van der Waals surface area contributed by atoms with Gasteiger partial charge in [-0.1, -0.05) is 13.8 Å². The van der Waals surface area contributed by atoms with E-state index in [9.17, 15) is 4.79 Å². The predicted molar refractivity (Wildman–Crippen MR) is 51.6 cm³/mol. The van der Waals surface area contributed by atoms with Crippen LogP contribution in [0.1, 0.15) is 27.7 Å². The van der Waals surface area contributed by atoms with Crippen molar-refractivity contribution in [1.29, 1.82) is 0 Å². The van der Waals surface area contributed by atoms with Gasteiger partial charge in [0.15, 0.2) is 0 Å². The van der Waals surface area contributed by atoms with Crippen molar-refractivity contribution >= 4 is 5.97 Å². The van der Waals surface area contributed by atoms with Crippen molar-refractivity contribution in [2.24, 2.45) is 5.92 Å². The zero-order valence-electron chi connectivity index (χ0n) is 8.70. The summed E-state index contributed by atoms with van der Waals surface area (Å²) in [7, 11) is 0. The third-order valence-corrected chi connectivity index (χ3v) is 2.02.